The molecule has 5 heteroatoms. The van der Waals surface area contributed by atoms with E-state index in [2.05, 4.69) is 0 Å². The fourth-order valence-corrected chi connectivity index (χ4v) is 4.35. The lowest BCUT2D eigenvalue weighted by Crippen LogP contribution is -2.48. The number of carbonyl (C=O) groups excluding carboxylic acids is 2. The number of carbonyl (C=O) groups is 2. The predicted molar refractivity (Wildman–Crippen MR) is 93.7 cm³/mol. The number of hydrogen-bond acceptors (Lipinski definition) is 3. The van der Waals surface area contributed by atoms with Gasteiger partial charge in [-0.2, -0.15) is 0 Å². The van der Waals surface area contributed by atoms with Gasteiger partial charge in [0.15, 0.2) is 0 Å². The zero-order valence-electron chi connectivity index (χ0n) is 14.9. The van der Waals surface area contributed by atoms with Gasteiger partial charge < -0.3 is 14.2 Å². The number of rotatable bonds is 3. The first-order chi connectivity index (χ1) is 12.2. The van der Waals surface area contributed by atoms with Crippen molar-refractivity contribution in [2.24, 2.45) is 11.8 Å². The zero-order valence-corrected chi connectivity index (χ0v) is 14.9. The number of amides is 2. The third-order valence-electron chi connectivity index (χ3n) is 5.92. The molecule has 1 aromatic heterocycles. The summed E-state index contributed by atoms with van der Waals surface area (Å²) in [6.45, 7) is 2.23. The number of piperidine rings is 1. The number of furan rings is 1. The van der Waals surface area contributed by atoms with Crippen LogP contribution in [-0.4, -0.2) is 41.2 Å². The van der Waals surface area contributed by atoms with E-state index in [4.69, 9.17) is 4.42 Å². The van der Waals surface area contributed by atoms with Crippen molar-refractivity contribution in [3.05, 3.63) is 24.2 Å². The molecule has 2 amide bonds. The van der Waals surface area contributed by atoms with Crippen LogP contribution in [0.15, 0.2) is 22.8 Å². The molecule has 0 bridgehead atoms. The van der Waals surface area contributed by atoms with E-state index in [9.17, 15) is 9.59 Å². The lowest BCUT2D eigenvalue weighted by Gasteiger charge is -2.37. The van der Waals surface area contributed by atoms with Gasteiger partial charge in [0, 0.05) is 25.6 Å². The van der Waals surface area contributed by atoms with Crippen LogP contribution in [0.3, 0.4) is 0 Å². The monoisotopic (exact) mass is 344 g/mol. The van der Waals surface area contributed by atoms with E-state index >= 15 is 0 Å². The molecule has 3 aliphatic rings. The van der Waals surface area contributed by atoms with E-state index in [-0.39, 0.29) is 29.7 Å². The SMILES string of the molecule is O=C(C1CC1)N1CCC[C@@H](C(=O)N2CCCCC[C@H]2c2ccco2)C1. The molecule has 4 rings (SSSR count). The van der Waals surface area contributed by atoms with Gasteiger partial charge in [0.2, 0.25) is 11.8 Å². The summed E-state index contributed by atoms with van der Waals surface area (Å²) in [4.78, 5) is 29.7. The Morgan fingerprint density at radius 3 is 2.56 bits per heavy atom. The molecule has 3 heterocycles. The van der Waals surface area contributed by atoms with Gasteiger partial charge >= 0.3 is 0 Å². The first-order valence-electron chi connectivity index (χ1n) is 9.86. The maximum Gasteiger partial charge on any atom is 0.228 e. The molecular formula is C20H28N2O3. The largest absolute Gasteiger partial charge is 0.467 e. The van der Waals surface area contributed by atoms with Crippen LogP contribution in [0.4, 0.5) is 0 Å². The Kier molecular flexibility index (Phi) is 4.82. The summed E-state index contributed by atoms with van der Waals surface area (Å²) in [5.74, 6) is 1.58. The Hall–Kier alpha value is -1.78. The van der Waals surface area contributed by atoms with Gasteiger partial charge in [-0.15, -0.1) is 0 Å². The van der Waals surface area contributed by atoms with Crippen LogP contribution in [0.5, 0.6) is 0 Å². The van der Waals surface area contributed by atoms with E-state index < -0.39 is 0 Å². The quantitative estimate of drug-likeness (QED) is 0.845. The van der Waals surface area contributed by atoms with E-state index in [1.807, 2.05) is 21.9 Å². The van der Waals surface area contributed by atoms with E-state index in [0.29, 0.717) is 6.54 Å². The molecule has 0 aromatic carbocycles. The van der Waals surface area contributed by atoms with Crippen molar-refractivity contribution in [2.75, 3.05) is 19.6 Å². The van der Waals surface area contributed by atoms with Gasteiger partial charge in [-0.1, -0.05) is 12.8 Å². The molecule has 2 atom stereocenters. The van der Waals surface area contributed by atoms with Gasteiger partial charge in [-0.05, 0) is 50.7 Å². The standard InChI is InChI=1S/C20H28N2O3/c23-19(15-9-10-15)21-11-4-6-16(14-21)20(24)22-12-3-1-2-7-17(22)18-8-5-13-25-18/h5,8,13,15-17H,1-4,6-7,9-12,14H2/t16-,17+/m1/s1. The van der Waals surface area contributed by atoms with Crippen molar-refractivity contribution >= 4 is 11.8 Å². The van der Waals surface area contributed by atoms with Crippen LogP contribution < -0.4 is 0 Å². The molecule has 0 N–H and O–H groups in total. The molecule has 0 radical (unpaired) electrons. The average molecular weight is 344 g/mol. The minimum absolute atomic E-state index is 0.0491. The summed E-state index contributed by atoms with van der Waals surface area (Å²) in [5.41, 5.74) is 0. The minimum Gasteiger partial charge on any atom is -0.467 e. The highest BCUT2D eigenvalue weighted by Crippen LogP contribution is 2.35. The summed E-state index contributed by atoms with van der Waals surface area (Å²) in [7, 11) is 0. The molecule has 5 nitrogen and oxygen atoms in total. The normalized spacial score (nSPS) is 27.8. The maximum absolute atomic E-state index is 13.3. The highest BCUT2D eigenvalue weighted by molar-refractivity contribution is 5.83. The summed E-state index contributed by atoms with van der Waals surface area (Å²) >= 11 is 0. The predicted octanol–water partition coefficient (Wildman–Crippen LogP) is 3.37. The van der Waals surface area contributed by atoms with Crippen LogP contribution >= 0.6 is 0 Å². The van der Waals surface area contributed by atoms with E-state index in [0.717, 1.165) is 70.2 Å². The van der Waals surface area contributed by atoms with Gasteiger partial charge in [-0.3, -0.25) is 9.59 Å². The average Bonchev–Trinajstić information content (AvgIpc) is 3.41. The van der Waals surface area contributed by atoms with Crippen LogP contribution in [0.1, 0.15) is 63.2 Å². The molecule has 136 valence electrons. The molecule has 0 spiro atoms. The molecule has 1 saturated carbocycles. The van der Waals surface area contributed by atoms with Crippen molar-refractivity contribution in [3.63, 3.8) is 0 Å². The van der Waals surface area contributed by atoms with Gasteiger partial charge in [0.1, 0.15) is 5.76 Å². The molecule has 25 heavy (non-hydrogen) atoms. The molecule has 2 aliphatic heterocycles. The van der Waals surface area contributed by atoms with E-state index in [1.54, 1.807) is 6.26 Å². The summed E-state index contributed by atoms with van der Waals surface area (Å²) in [6, 6.07) is 3.94. The minimum atomic E-state index is -0.0491. The van der Waals surface area contributed by atoms with Gasteiger partial charge in [0.05, 0.1) is 18.2 Å². The highest BCUT2D eigenvalue weighted by atomic mass is 16.3. The highest BCUT2D eigenvalue weighted by Gasteiger charge is 2.39. The zero-order chi connectivity index (χ0) is 17.2. The number of likely N-dealkylation sites (tertiary alicyclic amines) is 2. The van der Waals surface area contributed by atoms with Crippen LogP contribution in [0, 0.1) is 11.8 Å². The lowest BCUT2D eigenvalue weighted by atomic mass is 9.95. The van der Waals surface area contributed by atoms with Gasteiger partial charge in [0.25, 0.3) is 0 Å². The van der Waals surface area contributed by atoms with Crippen molar-refractivity contribution in [2.45, 2.75) is 57.4 Å². The fraction of sp³-hybridized carbons (Fsp3) is 0.700. The Morgan fingerprint density at radius 1 is 0.920 bits per heavy atom. The van der Waals surface area contributed by atoms with Crippen LogP contribution in [-0.2, 0) is 9.59 Å². The Morgan fingerprint density at radius 2 is 1.80 bits per heavy atom. The first-order valence-corrected chi connectivity index (χ1v) is 9.86. The molecule has 2 saturated heterocycles. The van der Waals surface area contributed by atoms with Crippen molar-refractivity contribution in [3.8, 4) is 0 Å². The van der Waals surface area contributed by atoms with Crippen LogP contribution in [0.25, 0.3) is 0 Å². The number of hydrogen-bond donors (Lipinski definition) is 0. The Bertz CT molecular complexity index is 608. The maximum atomic E-state index is 13.3. The number of nitrogens with zero attached hydrogens (tertiary/aromatic N) is 2. The van der Waals surface area contributed by atoms with Crippen molar-refractivity contribution < 1.29 is 14.0 Å². The molecule has 1 aromatic rings. The topological polar surface area (TPSA) is 53.8 Å². The van der Waals surface area contributed by atoms with E-state index in [1.165, 1.54) is 0 Å². The molecule has 3 fully saturated rings. The second-order valence-electron chi connectivity index (χ2n) is 7.81. The smallest absolute Gasteiger partial charge is 0.228 e. The van der Waals surface area contributed by atoms with Crippen molar-refractivity contribution in [1.82, 2.24) is 9.80 Å². The second-order valence-corrected chi connectivity index (χ2v) is 7.81. The Labute approximate surface area is 149 Å². The second kappa shape index (κ2) is 7.22. The lowest BCUT2D eigenvalue weighted by molar-refractivity contribution is -0.143. The molecule has 1 aliphatic carbocycles. The summed E-state index contributed by atoms with van der Waals surface area (Å²) < 4.78 is 5.64. The fourth-order valence-electron chi connectivity index (χ4n) is 4.35. The molecule has 0 unspecified atom stereocenters. The van der Waals surface area contributed by atoms with Gasteiger partial charge in [-0.25, -0.2) is 0 Å². The summed E-state index contributed by atoms with van der Waals surface area (Å²) in [5, 5.41) is 0. The first kappa shape index (κ1) is 16.7. The van der Waals surface area contributed by atoms with Crippen molar-refractivity contribution in [1.29, 1.82) is 0 Å². The third-order valence-corrected chi connectivity index (χ3v) is 5.92. The van der Waals surface area contributed by atoms with Crippen LogP contribution in [0.2, 0.25) is 0 Å². The summed E-state index contributed by atoms with van der Waals surface area (Å²) in [6.07, 6.45) is 9.91. The molecular weight excluding hydrogens is 316 g/mol. The Balaban J connectivity index is 1.48. The third kappa shape index (κ3) is 3.60.